The molecule has 1 saturated heterocycles. The lowest BCUT2D eigenvalue weighted by molar-refractivity contribution is -0.146. The number of hydrogen-bond acceptors (Lipinski definition) is 5. The largest absolute Gasteiger partial charge is 0.453 e. The number of rotatable bonds is 6. The van der Waals surface area contributed by atoms with Crippen molar-refractivity contribution in [3.63, 3.8) is 0 Å². The zero-order valence-electron chi connectivity index (χ0n) is 19.5. The van der Waals surface area contributed by atoms with Crippen molar-refractivity contribution in [2.75, 3.05) is 18.0 Å². The lowest BCUT2D eigenvalue weighted by Crippen LogP contribution is -2.41. The van der Waals surface area contributed by atoms with Crippen molar-refractivity contribution in [2.24, 2.45) is 11.8 Å². The van der Waals surface area contributed by atoms with Crippen molar-refractivity contribution >= 4 is 17.4 Å². The maximum atomic E-state index is 13.1. The van der Waals surface area contributed by atoms with Crippen LogP contribution in [0.25, 0.3) is 5.65 Å². The molecule has 2 aromatic heterocycles. The molecular weight excluding hydrogens is 445 g/mol. The lowest BCUT2D eigenvalue weighted by Gasteiger charge is -2.32. The topological polar surface area (TPSA) is 75.4 Å². The van der Waals surface area contributed by atoms with E-state index in [1.54, 1.807) is 6.07 Å². The standard InChI is InChI=1S/C24H29F3N6O/c1-15(2)14-17-4-6-18(7-5-17)16(3)28-22(34)19-10-12-32(13-11-19)21-9-8-20-29-30-23(24(25,26)27)33(20)31-21/h4-9,15-16,19H,10-14H2,1-3H3,(H,28,34). The highest BCUT2D eigenvalue weighted by atomic mass is 19.4. The Balaban J connectivity index is 1.35. The van der Waals surface area contributed by atoms with Crippen molar-refractivity contribution in [2.45, 2.75) is 52.3 Å². The summed E-state index contributed by atoms with van der Waals surface area (Å²) in [5, 5.41) is 14.0. The van der Waals surface area contributed by atoms with Gasteiger partial charge in [0.05, 0.1) is 6.04 Å². The number of nitrogens with one attached hydrogen (secondary N) is 1. The van der Waals surface area contributed by atoms with E-state index in [0.717, 1.165) is 16.5 Å². The van der Waals surface area contributed by atoms with Crippen LogP contribution in [0.2, 0.25) is 0 Å². The van der Waals surface area contributed by atoms with E-state index in [0.29, 0.717) is 37.7 Å². The fourth-order valence-electron chi connectivity index (χ4n) is 4.32. The highest BCUT2D eigenvalue weighted by Crippen LogP contribution is 2.29. The summed E-state index contributed by atoms with van der Waals surface area (Å²) in [7, 11) is 0. The highest BCUT2D eigenvalue weighted by Gasteiger charge is 2.38. The Morgan fingerprint density at radius 3 is 2.35 bits per heavy atom. The Morgan fingerprint density at radius 1 is 1.06 bits per heavy atom. The third-order valence-corrected chi connectivity index (χ3v) is 6.17. The molecule has 7 nitrogen and oxygen atoms in total. The van der Waals surface area contributed by atoms with Crippen LogP contribution >= 0.6 is 0 Å². The Bertz CT molecular complexity index is 1130. The summed E-state index contributed by atoms with van der Waals surface area (Å²) in [6, 6.07) is 11.4. The number of alkyl halides is 3. The summed E-state index contributed by atoms with van der Waals surface area (Å²) in [5.74, 6) is -0.297. The van der Waals surface area contributed by atoms with Crippen LogP contribution in [0.5, 0.6) is 0 Å². The Morgan fingerprint density at radius 2 is 1.74 bits per heavy atom. The predicted octanol–water partition coefficient (Wildman–Crippen LogP) is 4.44. The summed E-state index contributed by atoms with van der Waals surface area (Å²) in [6.07, 6.45) is -2.42. The number of hydrogen-bond donors (Lipinski definition) is 1. The quantitative estimate of drug-likeness (QED) is 0.572. The second-order valence-electron chi connectivity index (χ2n) is 9.31. The predicted molar refractivity (Wildman–Crippen MR) is 122 cm³/mol. The van der Waals surface area contributed by atoms with Gasteiger partial charge in [-0.2, -0.15) is 17.7 Å². The molecule has 4 rings (SSSR count). The molecule has 1 N–H and O–H groups in total. The molecule has 1 fully saturated rings. The van der Waals surface area contributed by atoms with Crippen LogP contribution in [0, 0.1) is 11.8 Å². The van der Waals surface area contributed by atoms with E-state index in [9.17, 15) is 18.0 Å². The van der Waals surface area contributed by atoms with Gasteiger partial charge >= 0.3 is 6.18 Å². The number of fused-ring (bicyclic) bond motifs is 1. The van der Waals surface area contributed by atoms with Crippen molar-refractivity contribution in [1.82, 2.24) is 25.1 Å². The Kier molecular flexibility index (Phi) is 6.77. The Labute approximate surface area is 196 Å². The van der Waals surface area contributed by atoms with E-state index < -0.39 is 12.0 Å². The van der Waals surface area contributed by atoms with Crippen molar-refractivity contribution in [1.29, 1.82) is 0 Å². The fraction of sp³-hybridized carbons (Fsp3) is 0.500. The van der Waals surface area contributed by atoms with E-state index in [1.807, 2.05) is 11.8 Å². The van der Waals surface area contributed by atoms with Gasteiger partial charge < -0.3 is 10.2 Å². The fourth-order valence-corrected chi connectivity index (χ4v) is 4.32. The van der Waals surface area contributed by atoms with Crippen LogP contribution < -0.4 is 10.2 Å². The minimum Gasteiger partial charge on any atom is -0.355 e. The molecule has 1 aromatic carbocycles. The van der Waals surface area contributed by atoms with Gasteiger partial charge in [-0.1, -0.05) is 38.1 Å². The first-order valence-corrected chi connectivity index (χ1v) is 11.6. The summed E-state index contributed by atoms with van der Waals surface area (Å²) >= 11 is 0. The molecular formula is C24H29F3N6O. The molecule has 182 valence electrons. The van der Waals surface area contributed by atoms with Crippen LogP contribution in [-0.2, 0) is 17.4 Å². The monoisotopic (exact) mass is 474 g/mol. The molecule has 1 aliphatic rings. The van der Waals surface area contributed by atoms with Gasteiger partial charge in [-0.05, 0) is 55.4 Å². The first kappa shape index (κ1) is 24.0. The molecule has 0 aliphatic carbocycles. The van der Waals surface area contributed by atoms with Crippen LogP contribution in [0.1, 0.15) is 56.6 Å². The number of aromatic nitrogens is 4. The number of carbonyl (C=O) groups is 1. The molecule has 1 atom stereocenters. The number of benzene rings is 1. The third-order valence-electron chi connectivity index (χ3n) is 6.17. The number of nitrogens with zero attached hydrogens (tertiary/aromatic N) is 5. The SMILES string of the molecule is CC(C)Cc1ccc(C(C)NC(=O)C2CCN(c3ccc4nnc(C(F)(F)F)n4n3)CC2)cc1. The second kappa shape index (κ2) is 9.60. The van der Waals surface area contributed by atoms with Crippen LogP contribution in [0.4, 0.5) is 19.0 Å². The first-order chi connectivity index (χ1) is 16.1. The molecule has 0 radical (unpaired) electrons. The summed E-state index contributed by atoms with van der Waals surface area (Å²) < 4.78 is 40.1. The van der Waals surface area contributed by atoms with Gasteiger partial charge in [0.2, 0.25) is 5.91 Å². The first-order valence-electron chi connectivity index (χ1n) is 11.6. The molecule has 3 aromatic rings. The molecule has 0 saturated carbocycles. The van der Waals surface area contributed by atoms with E-state index >= 15 is 0 Å². The maximum Gasteiger partial charge on any atom is 0.453 e. The zero-order chi connectivity index (χ0) is 24.5. The van der Waals surface area contributed by atoms with Crippen LogP contribution in [0.3, 0.4) is 0 Å². The highest BCUT2D eigenvalue weighted by molar-refractivity contribution is 5.79. The molecule has 34 heavy (non-hydrogen) atoms. The minimum absolute atomic E-state index is 0.0000135. The molecule has 0 bridgehead atoms. The molecule has 3 heterocycles. The van der Waals surface area contributed by atoms with E-state index in [1.165, 1.54) is 11.6 Å². The summed E-state index contributed by atoms with van der Waals surface area (Å²) in [6.45, 7) is 7.40. The van der Waals surface area contributed by atoms with E-state index in [2.05, 4.69) is 58.7 Å². The average molecular weight is 475 g/mol. The molecule has 1 amide bonds. The molecule has 1 aliphatic heterocycles. The molecule has 10 heteroatoms. The van der Waals surface area contributed by atoms with Gasteiger partial charge in [0.1, 0.15) is 5.82 Å². The van der Waals surface area contributed by atoms with Crippen molar-refractivity contribution in [3.05, 3.63) is 53.3 Å². The number of halogens is 3. The van der Waals surface area contributed by atoms with Gasteiger partial charge in [0.25, 0.3) is 5.82 Å². The third kappa shape index (κ3) is 5.31. The number of piperidine rings is 1. The second-order valence-corrected chi connectivity index (χ2v) is 9.31. The smallest absolute Gasteiger partial charge is 0.355 e. The Hall–Kier alpha value is -3.17. The van der Waals surface area contributed by atoms with Crippen LogP contribution in [0.15, 0.2) is 36.4 Å². The van der Waals surface area contributed by atoms with Gasteiger partial charge in [0.15, 0.2) is 5.65 Å². The average Bonchev–Trinajstić information content (AvgIpc) is 3.23. The van der Waals surface area contributed by atoms with Gasteiger partial charge in [0, 0.05) is 19.0 Å². The lowest BCUT2D eigenvalue weighted by atomic mass is 9.95. The molecule has 1 unspecified atom stereocenters. The van der Waals surface area contributed by atoms with Crippen molar-refractivity contribution in [3.8, 4) is 0 Å². The van der Waals surface area contributed by atoms with Gasteiger partial charge in [-0.15, -0.1) is 15.3 Å². The summed E-state index contributed by atoms with van der Waals surface area (Å²) in [5.41, 5.74) is 2.38. The van der Waals surface area contributed by atoms with E-state index in [4.69, 9.17) is 0 Å². The zero-order valence-corrected chi connectivity index (χ0v) is 19.5. The van der Waals surface area contributed by atoms with Gasteiger partial charge in [-0.3, -0.25) is 4.79 Å². The number of anilines is 1. The maximum absolute atomic E-state index is 13.1. The molecule has 0 spiro atoms. The van der Waals surface area contributed by atoms with Gasteiger partial charge in [-0.25, -0.2) is 0 Å². The number of amides is 1. The van der Waals surface area contributed by atoms with Crippen molar-refractivity contribution < 1.29 is 18.0 Å². The summed E-state index contributed by atoms with van der Waals surface area (Å²) in [4.78, 5) is 14.7. The number of carbonyl (C=O) groups excluding carboxylic acids is 1. The van der Waals surface area contributed by atoms with E-state index in [-0.39, 0.29) is 23.5 Å². The van der Waals surface area contributed by atoms with Crippen LogP contribution in [-0.4, -0.2) is 38.8 Å². The normalized spacial score (nSPS) is 16.3. The minimum atomic E-state index is -4.64.